The number of benzene rings is 2. The number of hydrogen-bond donors (Lipinski definition) is 0. The van der Waals surface area contributed by atoms with Gasteiger partial charge in [-0.05, 0) is 30.7 Å². The van der Waals surface area contributed by atoms with Crippen LogP contribution < -0.4 is 4.74 Å². The van der Waals surface area contributed by atoms with Crippen molar-refractivity contribution in [2.24, 2.45) is 0 Å². The Balaban J connectivity index is 1.50. The monoisotopic (exact) mass is 390 g/mol. The van der Waals surface area contributed by atoms with Crippen molar-refractivity contribution in [2.45, 2.75) is 17.4 Å². The number of halogens is 2. The Bertz CT molecular complexity index is 1110. The van der Waals surface area contributed by atoms with E-state index in [4.69, 9.17) is 4.74 Å². The Hall–Kier alpha value is -2.58. The number of para-hydroxylation sites is 1. The van der Waals surface area contributed by atoms with E-state index in [1.54, 1.807) is 6.07 Å². The second kappa shape index (κ2) is 6.86. The van der Waals surface area contributed by atoms with Gasteiger partial charge in [0.15, 0.2) is 0 Å². The van der Waals surface area contributed by atoms with E-state index in [1.165, 1.54) is 0 Å². The van der Waals surface area contributed by atoms with Crippen LogP contribution in [-0.4, -0.2) is 36.9 Å². The Morgan fingerprint density at radius 2 is 1.89 bits per heavy atom. The molecule has 1 fully saturated rings. The standard InChI is InChI=1S/C19H16F2N2O3S/c20-14-6-7-18(16(21)11-14)27(24,25)23-10-9-15(12-23)26-19-8-5-13-3-1-2-4-17(13)22-19/h1-8,11,15H,9-10,12H2. The number of fused-ring (bicyclic) bond motifs is 1. The average molecular weight is 390 g/mol. The summed E-state index contributed by atoms with van der Waals surface area (Å²) in [6.45, 7) is 0.269. The minimum atomic E-state index is -4.05. The fraction of sp³-hybridized carbons (Fsp3) is 0.211. The van der Waals surface area contributed by atoms with Gasteiger partial charge in [-0.1, -0.05) is 18.2 Å². The van der Waals surface area contributed by atoms with Crippen molar-refractivity contribution >= 4 is 20.9 Å². The molecule has 0 radical (unpaired) electrons. The topological polar surface area (TPSA) is 59.5 Å². The molecule has 0 aliphatic carbocycles. The number of rotatable bonds is 4. The van der Waals surface area contributed by atoms with E-state index in [0.717, 1.165) is 27.3 Å². The summed E-state index contributed by atoms with van der Waals surface area (Å²) in [5.41, 5.74) is 0.783. The molecule has 1 atom stereocenters. The molecule has 8 heteroatoms. The third kappa shape index (κ3) is 3.50. The van der Waals surface area contributed by atoms with Gasteiger partial charge in [-0.15, -0.1) is 0 Å². The zero-order chi connectivity index (χ0) is 19.0. The first-order chi connectivity index (χ1) is 12.9. The summed E-state index contributed by atoms with van der Waals surface area (Å²) in [7, 11) is -4.05. The molecule has 27 heavy (non-hydrogen) atoms. The van der Waals surface area contributed by atoms with E-state index in [-0.39, 0.29) is 13.1 Å². The highest BCUT2D eigenvalue weighted by molar-refractivity contribution is 7.89. The minimum absolute atomic E-state index is 0.0770. The Kier molecular flexibility index (Phi) is 4.53. The summed E-state index contributed by atoms with van der Waals surface area (Å²) in [6.07, 6.45) is 0.0632. The van der Waals surface area contributed by atoms with Crippen molar-refractivity contribution in [3.63, 3.8) is 0 Å². The quantitative estimate of drug-likeness (QED) is 0.686. The predicted octanol–water partition coefficient (Wildman–Crippen LogP) is 3.36. The van der Waals surface area contributed by atoms with Gasteiger partial charge in [0.05, 0.1) is 12.1 Å². The molecule has 2 aromatic carbocycles. The van der Waals surface area contributed by atoms with E-state index >= 15 is 0 Å². The highest BCUT2D eigenvalue weighted by Gasteiger charge is 2.35. The highest BCUT2D eigenvalue weighted by atomic mass is 32.2. The van der Waals surface area contributed by atoms with Crippen LogP contribution in [0, 0.1) is 11.6 Å². The van der Waals surface area contributed by atoms with Gasteiger partial charge in [-0.25, -0.2) is 22.2 Å². The van der Waals surface area contributed by atoms with Crippen LogP contribution in [-0.2, 0) is 10.0 Å². The molecule has 0 spiro atoms. The average Bonchev–Trinajstić information content (AvgIpc) is 3.10. The van der Waals surface area contributed by atoms with Crippen molar-refractivity contribution in [2.75, 3.05) is 13.1 Å². The normalized spacial score (nSPS) is 18.1. The zero-order valence-electron chi connectivity index (χ0n) is 14.2. The van der Waals surface area contributed by atoms with Crippen LogP contribution in [0.1, 0.15) is 6.42 Å². The molecule has 1 aromatic heterocycles. The second-order valence-corrected chi connectivity index (χ2v) is 8.21. The molecule has 0 saturated carbocycles. The van der Waals surface area contributed by atoms with Crippen LogP contribution in [0.5, 0.6) is 5.88 Å². The Labute approximate surface area is 155 Å². The van der Waals surface area contributed by atoms with Gasteiger partial charge in [-0.3, -0.25) is 0 Å². The minimum Gasteiger partial charge on any atom is -0.473 e. The number of nitrogens with zero attached hydrogens (tertiary/aromatic N) is 2. The molecule has 1 unspecified atom stereocenters. The van der Waals surface area contributed by atoms with Crippen LogP contribution in [0.2, 0.25) is 0 Å². The van der Waals surface area contributed by atoms with Gasteiger partial charge in [0, 0.05) is 24.1 Å². The van der Waals surface area contributed by atoms with Crippen molar-refractivity contribution in [1.29, 1.82) is 0 Å². The lowest BCUT2D eigenvalue weighted by Crippen LogP contribution is -2.31. The molecule has 1 saturated heterocycles. The van der Waals surface area contributed by atoms with Crippen molar-refractivity contribution in [3.05, 3.63) is 66.2 Å². The van der Waals surface area contributed by atoms with Crippen molar-refractivity contribution in [3.8, 4) is 5.88 Å². The molecule has 1 aliphatic rings. The first-order valence-corrected chi connectivity index (χ1v) is 9.85. The van der Waals surface area contributed by atoms with E-state index in [9.17, 15) is 17.2 Å². The number of aromatic nitrogens is 1. The second-order valence-electron chi connectivity index (χ2n) is 6.31. The lowest BCUT2D eigenvalue weighted by molar-refractivity contribution is 0.207. The maximum Gasteiger partial charge on any atom is 0.246 e. The Morgan fingerprint density at radius 3 is 2.70 bits per heavy atom. The molecule has 2 heterocycles. The number of hydrogen-bond acceptors (Lipinski definition) is 4. The van der Waals surface area contributed by atoms with Gasteiger partial charge in [0.25, 0.3) is 0 Å². The summed E-state index contributed by atoms with van der Waals surface area (Å²) in [5.74, 6) is -1.52. The Morgan fingerprint density at radius 1 is 1.07 bits per heavy atom. The zero-order valence-corrected chi connectivity index (χ0v) is 15.0. The van der Waals surface area contributed by atoms with Gasteiger partial charge >= 0.3 is 0 Å². The maximum atomic E-state index is 13.9. The fourth-order valence-corrected chi connectivity index (χ4v) is 4.65. The van der Waals surface area contributed by atoms with Crippen LogP contribution >= 0.6 is 0 Å². The first-order valence-electron chi connectivity index (χ1n) is 8.41. The third-order valence-electron chi connectivity index (χ3n) is 4.48. The van der Waals surface area contributed by atoms with Crippen LogP contribution in [0.25, 0.3) is 10.9 Å². The molecule has 0 bridgehead atoms. The van der Waals surface area contributed by atoms with Crippen molar-refractivity contribution < 1.29 is 21.9 Å². The van der Waals surface area contributed by atoms with Crippen molar-refractivity contribution in [1.82, 2.24) is 9.29 Å². The summed E-state index contributed by atoms with van der Waals surface area (Å²) in [5, 5.41) is 0.979. The van der Waals surface area contributed by atoms with Crippen LogP contribution in [0.3, 0.4) is 0 Å². The molecule has 4 rings (SSSR count). The van der Waals surface area contributed by atoms with Crippen LogP contribution in [0.15, 0.2) is 59.5 Å². The first kappa shape index (κ1) is 17.8. The van der Waals surface area contributed by atoms with E-state index < -0.39 is 32.7 Å². The van der Waals surface area contributed by atoms with E-state index in [2.05, 4.69) is 4.98 Å². The third-order valence-corrected chi connectivity index (χ3v) is 6.38. The number of pyridine rings is 1. The molecule has 0 N–H and O–H groups in total. The summed E-state index contributed by atoms with van der Waals surface area (Å²) < 4.78 is 59.2. The van der Waals surface area contributed by atoms with E-state index in [0.29, 0.717) is 18.4 Å². The molecule has 140 valence electrons. The molecule has 0 amide bonds. The van der Waals surface area contributed by atoms with Gasteiger partial charge in [-0.2, -0.15) is 4.31 Å². The lowest BCUT2D eigenvalue weighted by Gasteiger charge is -2.17. The fourth-order valence-electron chi connectivity index (χ4n) is 3.12. The van der Waals surface area contributed by atoms with Crippen LogP contribution in [0.4, 0.5) is 8.78 Å². The molecule has 1 aliphatic heterocycles. The summed E-state index contributed by atoms with van der Waals surface area (Å²) >= 11 is 0. The van der Waals surface area contributed by atoms with Gasteiger partial charge in [0.2, 0.25) is 15.9 Å². The van der Waals surface area contributed by atoms with Gasteiger partial charge < -0.3 is 4.74 Å². The van der Waals surface area contributed by atoms with Gasteiger partial charge in [0.1, 0.15) is 22.6 Å². The largest absolute Gasteiger partial charge is 0.473 e. The molecular weight excluding hydrogens is 374 g/mol. The highest BCUT2D eigenvalue weighted by Crippen LogP contribution is 2.26. The number of sulfonamides is 1. The summed E-state index contributed by atoms with van der Waals surface area (Å²) in [4.78, 5) is 3.88. The molecule has 5 nitrogen and oxygen atoms in total. The predicted molar refractivity (Wildman–Crippen MR) is 95.9 cm³/mol. The molecular formula is C19H16F2N2O3S. The smallest absolute Gasteiger partial charge is 0.246 e. The van der Waals surface area contributed by atoms with E-state index in [1.807, 2.05) is 30.3 Å². The lowest BCUT2D eigenvalue weighted by atomic mass is 10.2. The summed E-state index contributed by atoms with van der Waals surface area (Å²) in [6, 6.07) is 13.7. The number of ether oxygens (including phenoxy) is 1. The SMILES string of the molecule is O=S(=O)(c1ccc(F)cc1F)N1CCC(Oc2ccc3ccccc3n2)C1. The maximum absolute atomic E-state index is 13.9. The molecule has 3 aromatic rings.